The maximum Gasteiger partial charge on any atom is 0.263 e. The number of benzene rings is 2. The van der Waals surface area contributed by atoms with Crippen molar-refractivity contribution in [2.45, 2.75) is 24.8 Å². The SMILES string of the molecule is COc1ccccc1CNC(=O)Cc1csc(NS(=O)(=O)c2ccc(C)cc2)n1. The molecule has 29 heavy (non-hydrogen) atoms. The van der Waals surface area contributed by atoms with Crippen molar-refractivity contribution in [2.24, 2.45) is 0 Å². The van der Waals surface area contributed by atoms with E-state index < -0.39 is 10.0 Å². The average Bonchev–Trinajstić information content (AvgIpc) is 3.12. The van der Waals surface area contributed by atoms with E-state index in [1.165, 1.54) is 12.1 Å². The smallest absolute Gasteiger partial charge is 0.263 e. The Labute approximate surface area is 173 Å². The molecule has 0 saturated heterocycles. The molecule has 0 saturated carbocycles. The van der Waals surface area contributed by atoms with Crippen molar-refractivity contribution in [1.82, 2.24) is 10.3 Å². The van der Waals surface area contributed by atoms with Crippen LogP contribution in [-0.2, 0) is 27.8 Å². The van der Waals surface area contributed by atoms with E-state index >= 15 is 0 Å². The third-order valence-corrected chi connectivity index (χ3v) is 6.41. The Kier molecular flexibility index (Phi) is 6.50. The zero-order valence-corrected chi connectivity index (χ0v) is 17.6. The number of thiazole rings is 1. The predicted molar refractivity (Wildman–Crippen MR) is 113 cm³/mol. The lowest BCUT2D eigenvalue weighted by Crippen LogP contribution is -2.25. The topological polar surface area (TPSA) is 97.4 Å². The highest BCUT2D eigenvalue weighted by Gasteiger charge is 2.16. The zero-order valence-electron chi connectivity index (χ0n) is 16.0. The molecule has 3 rings (SSSR count). The van der Waals surface area contributed by atoms with E-state index in [9.17, 15) is 13.2 Å². The molecule has 0 bridgehead atoms. The van der Waals surface area contributed by atoms with Crippen molar-refractivity contribution in [3.63, 3.8) is 0 Å². The molecular formula is C20H21N3O4S2. The van der Waals surface area contributed by atoms with Gasteiger partial charge in [-0.25, -0.2) is 13.4 Å². The van der Waals surface area contributed by atoms with Crippen LogP contribution in [0.4, 0.5) is 5.13 Å². The van der Waals surface area contributed by atoms with Crippen LogP contribution in [0, 0.1) is 6.92 Å². The highest BCUT2D eigenvalue weighted by molar-refractivity contribution is 7.93. The maximum atomic E-state index is 12.4. The molecule has 0 aliphatic heterocycles. The van der Waals surface area contributed by atoms with Gasteiger partial charge in [0, 0.05) is 17.5 Å². The zero-order chi connectivity index (χ0) is 20.9. The minimum absolute atomic E-state index is 0.0535. The molecule has 1 amide bonds. The van der Waals surface area contributed by atoms with Crippen LogP contribution in [0.1, 0.15) is 16.8 Å². The second kappa shape index (κ2) is 9.06. The van der Waals surface area contributed by atoms with Crippen molar-refractivity contribution < 1.29 is 17.9 Å². The Morgan fingerprint density at radius 3 is 2.59 bits per heavy atom. The van der Waals surface area contributed by atoms with Crippen molar-refractivity contribution in [2.75, 3.05) is 11.8 Å². The van der Waals surface area contributed by atoms with Crippen LogP contribution < -0.4 is 14.8 Å². The number of aryl methyl sites for hydroxylation is 1. The first-order valence-corrected chi connectivity index (χ1v) is 11.2. The van der Waals surface area contributed by atoms with Crippen LogP contribution in [0.2, 0.25) is 0 Å². The highest BCUT2D eigenvalue weighted by Crippen LogP contribution is 2.21. The molecule has 3 aromatic rings. The number of hydrogen-bond donors (Lipinski definition) is 2. The van der Waals surface area contributed by atoms with E-state index in [4.69, 9.17) is 4.74 Å². The minimum atomic E-state index is -3.72. The average molecular weight is 432 g/mol. The fourth-order valence-corrected chi connectivity index (χ4v) is 4.56. The van der Waals surface area contributed by atoms with E-state index in [2.05, 4.69) is 15.0 Å². The number of anilines is 1. The van der Waals surface area contributed by atoms with Crippen molar-refractivity contribution in [1.29, 1.82) is 0 Å². The summed E-state index contributed by atoms with van der Waals surface area (Å²) in [6.45, 7) is 2.22. The molecule has 1 aromatic heterocycles. The third kappa shape index (κ3) is 5.55. The lowest BCUT2D eigenvalue weighted by molar-refractivity contribution is -0.120. The Bertz CT molecular complexity index is 1090. The van der Waals surface area contributed by atoms with Gasteiger partial charge in [-0.1, -0.05) is 35.9 Å². The Hall–Kier alpha value is -2.91. The number of nitrogens with one attached hydrogen (secondary N) is 2. The first kappa shape index (κ1) is 20.8. The van der Waals surface area contributed by atoms with Gasteiger partial charge in [-0.15, -0.1) is 11.3 Å². The molecule has 0 aliphatic carbocycles. The van der Waals surface area contributed by atoms with Gasteiger partial charge < -0.3 is 10.1 Å². The van der Waals surface area contributed by atoms with E-state index in [0.717, 1.165) is 22.5 Å². The number of sulfonamides is 1. The monoisotopic (exact) mass is 431 g/mol. The summed E-state index contributed by atoms with van der Waals surface area (Å²) in [5.41, 5.74) is 2.34. The van der Waals surface area contributed by atoms with Gasteiger partial charge in [-0.3, -0.25) is 9.52 Å². The van der Waals surface area contributed by atoms with E-state index in [-0.39, 0.29) is 22.4 Å². The number of rotatable bonds is 8. The summed E-state index contributed by atoms with van der Waals surface area (Å²) in [5, 5.41) is 4.70. The fraction of sp³-hybridized carbons (Fsp3) is 0.200. The molecule has 0 fully saturated rings. The molecule has 2 N–H and O–H groups in total. The van der Waals surface area contributed by atoms with Crippen molar-refractivity contribution in [3.8, 4) is 5.75 Å². The maximum absolute atomic E-state index is 12.4. The number of nitrogens with zero attached hydrogens (tertiary/aromatic N) is 1. The normalized spacial score (nSPS) is 11.1. The number of ether oxygens (including phenoxy) is 1. The molecule has 0 radical (unpaired) electrons. The third-order valence-electron chi connectivity index (χ3n) is 4.11. The lowest BCUT2D eigenvalue weighted by Gasteiger charge is -2.09. The molecular weight excluding hydrogens is 410 g/mol. The van der Waals surface area contributed by atoms with Crippen molar-refractivity contribution in [3.05, 3.63) is 70.7 Å². The fourth-order valence-electron chi connectivity index (χ4n) is 2.60. The van der Waals surface area contributed by atoms with Crippen LogP contribution in [-0.4, -0.2) is 26.4 Å². The summed E-state index contributed by atoms with van der Waals surface area (Å²) >= 11 is 1.14. The lowest BCUT2D eigenvalue weighted by atomic mass is 10.2. The summed E-state index contributed by atoms with van der Waals surface area (Å²) in [6.07, 6.45) is 0.0535. The number of methoxy groups -OCH3 is 1. The van der Waals surface area contributed by atoms with Gasteiger partial charge in [0.1, 0.15) is 5.75 Å². The molecule has 0 atom stereocenters. The van der Waals surface area contributed by atoms with E-state index in [1.807, 2.05) is 31.2 Å². The van der Waals surface area contributed by atoms with Crippen LogP contribution >= 0.6 is 11.3 Å². The summed E-state index contributed by atoms with van der Waals surface area (Å²) in [4.78, 5) is 16.6. The number of amides is 1. The second-order valence-corrected chi connectivity index (χ2v) is 8.87. The number of aromatic nitrogens is 1. The molecule has 0 spiro atoms. The van der Waals surface area contributed by atoms with Crippen LogP contribution in [0.3, 0.4) is 0 Å². The summed E-state index contributed by atoms with van der Waals surface area (Å²) in [5.74, 6) is 0.489. The largest absolute Gasteiger partial charge is 0.496 e. The number of carbonyl (C=O) groups excluding carboxylic acids is 1. The number of para-hydroxylation sites is 1. The van der Waals surface area contributed by atoms with Gasteiger partial charge in [-0.05, 0) is 25.1 Å². The van der Waals surface area contributed by atoms with Crippen molar-refractivity contribution >= 4 is 32.4 Å². The van der Waals surface area contributed by atoms with Crippen LogP contribution in [0.25, 0.3) is 0 Å². The molecule has 0 aliphatic rings. The van der Waals surface area contributed by atoms with E-state index in [1.54, 1.807) is 24.6 Å². The first-order valence-electron chi connectivity index (χ1n) is 8.80. The van der Waals surface area contributed by atoms with Gasteiger partial charge in [0.15, 0.2) is 5.13 Å². The van der Waals surface area contributed by atoms with Gasteiger partial charge in [-0.2, -0.15) is 0 Å². The summed E-state index contributed by atoms with van der Waals surface area (Å²) in [6, 6.07) is 14.0. The molecule has 2 aromatic carbocycles. The first-order chi connectivity index (χ1) is 13.9. The summed E-state index contributed by atoms with van der Waals surface area (Å²) < 4.78 is 32.6. The predicted octanol–water partition coefficient (Wildman–Crippen LogP) is 3.12. The van der Waals surface area contributed by atoms with Crippen LogP contribution in [0.5, 0.6) is 5.75 Å². The molecule has 152 valence electrons. The molecule has 7 nitrogen and oxygen atoms in total. The standard InChI is InChI=1S/C20H21N3O4S2/c1-14-7-9-17(10-8-14)29(25,26)23-20-22-16(13-28-20)11-19(24)21-12-15-5-3-4-6-18(15)27-2/h3-10,13H,11-12H2,1-2H3,(H,21,24)(H,22,23). The van der Waals surface area contributed by atoms with Gasteiger partial charge >= 0.3 is 0 Å². The highest BCUT2D eigenvalue weighted by atomic mass is 32.2. The van der Waals surface area contributed by atoms with Crippen LogP contribution in [0.15, 0.2) is 58.8 Å². The Balaban J connectivity index is 1.58. The quantitative estimate of drug-likeness (QED) is 0.571. The molecule has 9 heteroatoms. The second-order valence-electron chi connectivity index (χ2n) is 6.33. The number of carbonyl (C=O) groups is 1. The summed E-state index contributed by atoms with van der Waals surface area (Å²) in [7, 11) is -2.14. The van der Waals surface area contributed by atoms with Gasteiger partial charge in [0.05, 0.1) is 24.1 Å². The van der Waals surface area contributed by atoms with E-state index in [0.29, 0.717) is 18.0 Å². The molecule has 1 heterocycles. The number of hydrogen-bond acceptors (Lipinski definition) is 6. The Morgan fingerprint density at radius 2 is 1.86 bits per heavy atom. The van der Waals surface area contributed by atoms with Gasteiger partial charge in [0.25, 0.3) is 10.0 Å². The molecule has 0 unspecified atom stereocenters. The Morgan fingerprint density at radius 1 is 1.14 bits per heavy atom. The minimum Gasteiger partial charge on any atom is -0.496 e. The van der Waals surface area contributed by atoms with Gasteiger partial charge in [0.2, 0.25) is 5.91 Å².